The Labute approximate surface area is 233 Å². The van der Waals surface area contributed by atoms with Gasteiger partial charge in [-0.3, -0.25) is 19.2 Å². The van der Waals surface area contributed by atoms with Crippen LogP contribution in [-0.4, -0.2) is 74.8 Å². The Morgan fingerprint density at radius 3 is 2.54 bits per heavy atom. The summed E-state index contributed by atoms with van der Waals surface area (Å²) in [6, 6.07) is -1.18. The van der Waals surface area contributed by atoms with E-state index in [1.165, 1.54) is 0 Å². The molecular weight excluding hydrogens is 526 g/mol. The van der Waals surface area contributed by atoms with Crippen molar-refractivity contribution < 1.29 is 44.0 Å². The number of thiol groups is 1. The van der Waals surface area contributed by atoms with Crippen LogP contribution in [0.2, 0.25) is 0 Å². The summed E-state index contributed by atoms with van der Waals surface area (Å²) < 4.78 is 5.10. The molecule has 8 atom stereocenters. The molecule has 216 valence electrons. The Morgan fingerprint density at radius 2 is 1.87 bits per heavy atom. The summed E-state index contributed by atoms with van der Waals surface area (Å²) in [6.45, 7) is 3.34. The van der Waals surface area contributed by atoms with E-state index in [4.69, 9.17) is 9.84 Å². The average molecular weight is 566 g/mol. The number of hydrogen-bond donors (Lipinski definition) is 5. The van der Waals surface area contributed by atoms with Crippen LogP contribution >= 0.6 is 12.6 Å². The summed E-state index contributed by atoms with van der Waals surface area (Å²) in [4.78, 5) is 60.5. The molecule has 0 aromatic heterocycles. The van der Waals surface area contributed by atoms with Crippen molar-refractivity contribution in [2.75, 3.05) is 12.4 Å². The van der Waals surface area contributed by atoms with Gasteiger partial charge in [-0.2, -0.15) is 12.6 Å². The number of ether oxygens (including phenoxy) is 1. The summed E-state index contributed by atoms with van der Waals surface area (Å²) in [5.74, 6) is -3.24. The number of nitrogens with one attached hydrogen (secondary N) is 1. The van der Waals surface area contributed by atoms with Gasteiger partial charge >= 0.3 is 11.9 Å². The van der Waals surface area contributed by atoms with Gasteiger partial charge in [-0.1, -0.05) is 19.4 Å². The van der Waals surface area contributed by atoms with Crippen LogP contribution in [0, 0.1) is 28.6 Å². The van der Waals surface area contributed by atoms with E-state index < -0.39 is 53.4 Å². The van der Waals surface area contributed by atoms with Crippen molar-refractivity contribution in [3.63, 3.8) is 0 Å². The fourth-order valence-electron chi connectivity index (χ4n) is 8.16. The highest BCUT2D eigenvalue weighted by Gasteiger charge is 2.68. The summed E-state index contributed by atoms with van der Waals surface area (Å²) in [6.07, 6.45) is 4.12. The molecule has 0 aliphatic heterocycles. The van der Waals surface area contributed by atoms with Gasteiger partial charge < -0.3 is 25.4 Å². The number of fused-ring (bicyclic) bond motifs is 5. The number of carbonyl (C=O) groups is 5. The second-order valence-electron chi connectivity index (χ2n) is 12.2. The molecule has 0 spiro atoms. The second-order valence-corrected chi connectivity index (χ2v) is 12.6. The van der Waals surface area contributed by atoms with Crippen LogP contribution in [0.4, 0.5) is 0 Å². The third-order valence-corrected chi connectivity index (χ3v) is 10.6. The zero-order chi connectivity index (χ0) is 28.8. The highest BCUT2D eigenvalue weighted by Crippen LogP contribution is 2.67. The molecule has 1 amide bonds. The predicted molar refractivity (Wildman–Crippen MR) is 142 cm³/mol. The Kier molecular flexibility index (Phi) is 8.36. The van der Waals surface area contributed by atoms with Crippen molar-refractivity contribution >= 4 is 42.0 Å². The van der Waals surface area contributed by atoms with E-state index in [9.17, 15) is 34.2 Å². The first-order chi connectivity index (χ1) is 18.3. The van der Waals surface area contributed by atoms with Gasteiger partial charge in [0.15, 0.2) is 12.4 Å². The maximum absolute atomic E-state index is 13.3. The number of esters is 1. The molecule has 0 aromatic rings. The van der Waals surface area contributed by atoms with E-state index in [0.29, 0.717) is 19.3 Å². The van der Waals surface area contributed by atoms with Crippen molar-refractivity contribution in [2.45, 2.75) is 89.4 Å². The van der Waals surface area contributed by atoms with E-state index in [2.05, 4.69) is 24.9 Å². The van der Waals surface area contributed by atoms with Gasteiger partial charge in [-0.25, -0.2) is 4.79 Å². The van der Waals surface area contributed by atoms with E-state index >= 15 is 0 Å². The first-order valence-electron chi connectivity index (χ1n) is 13.7. The lowest BCUT2D eigenvalue weighted by atomic mass is 9.45. The number of carboxylic acids is 1. The van der Waals surface area contributed by atoms with Crippen LogP contribution < -0.4 is 5.32 Å². The van der Waals surface area contributed by atoms with Gasteiger partial charge in [0, 0.05) is 24.0 Å². The third kappa shape index (κ3) is 5.17. The third-order valence-electron chi connectivity index (χ3n) is 10.2. The number of aliphatic carboxylic acids is 1. The quantitative estimate of drug-likeness (QED) is 0.206. The number of aliphatic hydroxyl groups excluding tert-OH is 1. The van der Waals surface area contributed by atoms with Crippen molar-refractivity contribution in [1.29, 1.82) is 0 Å². The van der Waals surface area contributed by atoms with Gasteiger partial charge in [0.05, 0.1) is 12.5 Å². The SMILES string of the molecule is C[C@]12CCC(=O)C=C1CC[C@H]1[C@H]2[C@@H](O)C[C@@]2(C)[C@H]1CC[C@]2(O)C(=O)COC(=O)CCC(=O)N[C@@H](CS)C(=O)O. The molecule has 3 fully saturated rings. The number of amides is 1. The second kappa shape index (κ2) is 11.0. The summed E-state index contributed by atoms with van der Waals surface area (Å²) >= 11 is 3.86. The Morgan fingerprint density at radius 1 is 1.15 bits per heavy atom. The number of carbonyl (C=O) groups excluding carboxylic acids is 4. The number of Topliss-reactive ketones (excluding diaryl/α,β-unsaturated/α-hetero) is 1. The smallest absolute Gasteiger partial charge is 0.327 e. The highest BCUT2D eigenvalue weighted by molar-refractivity contribution is 7.80. The lowest BCUT2D eigenvalue weighted by Gasteiger charge is -2.60. The number of hydrogen-bond acceptors (Lipinski definition) is 9. The zero-order valence-electron chi connectivity index (χ0n) is 22.5. The molecule has 10 nitrogen and oxygen atoms in total. The van der Waals surface area contributed by atoms with E-state index in [-0.39, 0.29) is 60.4 Å². The van der Waals surface area contributed by atoms with Crippen LogP contribution in [0.1, 0.15) is 71.6 Å². The van der Waals surface area contributed by atoms with Crippen molar-refractivity contribution in [3.05, 3.63) is 11.6 Å². The van der Waals surface area contributed by atoms with Crippen LogP contribution in [0.5, 0.6) is 0 Å². The minimum absolute atomic E-state index is 0.00395. The fourth-order valence-corrected chi connectivity index (χ4v) is 8.40. The molecule has 0 radical (unpaired) electrons. The summed E-state index contributed by atoms with van der Waals surface area (Å²) in [7, 11) is 0. The molecule has 4 aliphatic rings. The van der Waals surface area contributed by atoms with Crippen LogP contribution in [0.3, 0.4) is 0 Å². The molecule has 3 saturated carbocycles. The minimum atomic E-state index is -1.76. The number of carboxylic acid groups (broad SMARTS) is 1. The van der Waals surface area contributed by atoms with Crippen molar-refractivity contribution in [1.82, 2.24) is 5.32 Å². The van der Waals surface area contributed by atoms with E-state index in [0.717, 1.165) is 18.4 Å². The van der Waals surface area contributed by atoms with E-state index in [1.54, 1.807) is 6.08 Å². The standard InChI is InChI=1S/C28H39NO9S/c1-26-9-7-16(30)11-15(26)3-4-17-18-8-10-28(37,27(18,2)12-20(31)24(17)26)21(32)13-38-23(34)6-5-22(33)29-19(14-39)25(35)36/h11,17-20,24,31,37,39H,3-10,12-14H2,1-2H3,(H,29,33)(H,35,36)/t17-,18+,19+,20+,24+,26+,27+,28+/m1/s1. The molecule has 0 bridgehead atoms. The lowest BCUT2D eigenvalue weighted by Crippen LogP contribution is -2.62. The Hall–Kier alpha value is -2.24. The van der Waals surface area contributed by atoms with Crippen LogP contribution in [-0.2, 0) is 28.7 Å². The summed E-state index contributed by atoms with van der Waals surface area (Å²) in [5.41, 5.74) is -1.82. The zero-order valence-corrected chi connectivity index (χ0v) is 23.4. The Bertz CT molecular complexity index is 1090. The summed E-state index contributed by atoms with van der Waals surface area (Å²) in [5, 5.41) is 34.4. The predicted octanol–water partition coefficient (Wildman–Crippen LogP) is 1.61. The average Bonchev–Trinajstić information content (AvgIpc) is 3.15. The minimum Gasteiger partial charge on any atom is -0.480 e. The molecule has 39 heavy (non-hydrogen) atoms. The van der Waals surface area contributed by atoms with Gasteiger partial charge in [0.25, 0.3) is 0 Å². The molecular formula is C28H39NO9S. The van der Waals surface area contributed by atoms with Gasteiger partial charge in [-0.05, 0) is 67.8 Å². The molecule has 0 heterocycles. The topological polar surface area (TPSA) is 167 Å². The molecule has 0 aromatic carbocycles. The molecule has 0 saturated heterocycles. The molecule has 4 aliphatic carbocycles. The van der Waals surface area contributed by atoms with Crippen molar-refractivity contribution in [3.8, 4) is 0 Å². The number of rotatable bonds is 9. The Balaban J connectivity index is 1.39. The maximum atomic E-state index is 13.3. The number of aliphatic hydroxyl groups is 2. The molecule has 0 unspecified atom stereocenters. The number of allylic oxidation sites excluding steroid dienone is 1. The van der Waals surface area contributed by atoms with E-state index in [1.807, 2.05) is 6.92 Å². The fraction of sp³-hybridized carbons (Fsp3) is 0.750. The largest absolute Gasteiger partial charge is 0.480 e. The maximum Gasteiger partial charge on any atom is 0.327 e. The van der Waals surface area contributed by atoms with Gasteiger partial charge in [0.2, 0.25) is 11.7 Å². The number of ketones is 2. The lowest BCUT2D eigenvalue weighted by molar-refractivity contribution is -0.184. The van der Waals surface area contributed by atoms with Gasteiger partial charge in [-0.15, -0.1) is 0 Å². The first kappa shape index (κ1) is 29.7. The monoisotopic (exact) mass is 565 g/mol. The van der Waals surface area contributed by atoms with Crippen molar-refractivity contribution in [2.24, 2.45) is 28.6 Å². The normalized spacial score (nSPS) is 38.0. The van der Waals surface area contributed by atoms with Crippen LogP contribution in [0.25, 0.3) is 0 Å². The molecule has 4 rings (SSSR count). The first-order valence-corrected chi connectivity index (χ1v) is 14.4. The molecule has 4 N–H and O–H groups in total. The van der Waals surface area contributed by atoms with Gasteiger partial charge in [0.1, 0.15) is 11.6 Å². The van der Waals surface area contributed by atoms with Crippen LogP contribution in [0.15, 0.2) is 11.6 Å². The molecule has 11 heteroatoms. The highest BCUT2D eigenvalue weighted by atomic mass is 32.1.